The molecule has 3 nitrogen and oxygen atoms in total. The highest BCUT2D eigenvalue weighted by Crippen LogP contribution is 2.18. The van der Waals surface area contributed by atoms with Crippen LogP contribution in [-0.4, -0.2) is 5.91 Å². The molecule has 0 aliphatic heterocycles. The van der Waals surface area contributed by atoms with Crippen molar-refractivity contribution < 1.29 is 13.6 Å². The first-order chi connectivity index (χ1) is 9.47. The monoisotopic (exact) mass is 276 g/mol. The molecule has 0 spiro atoms. The number of hydrogen-bond acceptors (Lipinski definition) is 2. The van der Waals surface area contributed by atoms with E-state index in [1.807, 2.05) is 6.92 Å². The number of carbonyl (C=O) groups excluding carboxylic acids is 1. The van der Waals surface area contributed by atoms with Gasteiger partial charge in [-0.05, 0) is 36.8 Å². The van der Waals surface area contributed by atoms with Crippen molar-refractivity contribution in [3.05, 3.63) is 64.7 Å². The molecule has 0 saturated heterocycles. The topological polar surface area (TPSA) is 55.1 Å². The van der Waals surface area contributed by atoms with Gasteiger partial charge in [0.15, 0.2) is 0 Å². The maximum atomic E-state index is 13.8. The molecule has 3 N–H and O–H groups in total. The van der Waals surface area contributed by atoms with Crippen molar-refractivity contribution in [3.63, 3.8) is 0 Å². The lowest BCUT2D eigenvalue weighted by atomic mass is 10.1. The molecule has 0 radical (unpaired) electrons. The number of hydrogen-bond donors (Lipinski definition) is 2. The largest absolute Gasteiger partial charge is 0.378 e. The average Bonchev–Trinajstić information content (AvgIpc) is 2.40. The lowest BCUT2D eigenvalue weighted by Crippen LogP contribution is -2.12. The van der Waals surface area contributed by atoms with Gasteiger partial charge in [-0.1, -0.05) is 12.1 Å². The minimum Gasteiger partial charge on any atom is -0.378 e. The number of aryl methyl sites for hydroxylation is 1. The Hall–Kier alpha value is -2.43. The van der Waals surface area contributed by atoms with Crippen molar-refractivity contribution in [2.45, 2.75) is 13.5 Å². The number of benzene rings is 2. The van der Waals surface area contributed by atoms with Gasteiger partial charge in [0.05, 0.1) is 5.69 Å². The number of carbonyl (C=O) groups is 1. The van der Waals surface area contributed by atoms with Crippen molar-refractivity contribution in [1.82, 2.24) is 0 Å². The number of primary amides is 1. The van der Waals surface area contributed by atoms with Crippen molar-refractivity contribution >= 4 is 11.6 Å². The van der Waals surface area contributed by atoms with Crippen LogP contribution in [0.4, 0.5) is 14.5 Å². The predicted octanol–water partition coefficient (Wildman–Crippen LogP) is 2.98. The van der Waals surface area contributed by atoms with E-state index in [1.54, 1.807) is 12.1 Å². The fourth-order valence-electron chi connectivity index (χ4n) is 1.81. The van der Waals surface area contributed by atoms with E-state index >= 15 is 0 Å². The minimum absolute atomic E-state index is 0.105. The molecule has 0 aromatic heterocycles. The molecule has 0 heterocycles. The van der Waals surface area contributed by atoms with Gasteiger partial charge in [-0.3, -0.25) is 4.79 Å². The van der Waals surface area contributed by atoms with Gasteiger partial charge >= 0.3 is 0 Å². The van der Waals surface area contributed by atoms with Crippen molar-refractivity contribution in [2.24, 2.45) is 5.73 Å². The predicted molar refractivity (Wildman–Crippen MR) is 73.4 cm³/mol. The second kappa shape index (κ2) is 5.69. The summed E-state index contributed by atoms with van der Waals surface area (Å²) in [7, 11) is 0. The van der Waals surface area contributed by atoms with Crippen LogP contribution in [0.25, 0.3) is 0 Å². The lowest BCUT2D eigenvalue weighted by Gasteiger charge is -2.10. The number of amides is 1. The Bertz CT molecular complexity index is 656. The van der Waals surface area contributed by atoms with Gasteiger partial charge in [-0.25, -0.2) is 8.78 Å². The Labute approximate surface area is 115 Å². The molecule has 0 unspecified atom stereocenters. The quantitative estimate of drug-likeness (QED) is 0.902. The van der Waals surface area contributed by atoms with E-state index in [2.05, 4.69) is 5.32 Å². The summed E-state index contributed by atoms with van der Waals surface area (Å²) in [6.45, 7) is 1.96. The average molecular weight is 276 g/mol. The highest BCUT2D eigenvalue weighted by molar-refractivity contribution is 5.92. The van der Waals surface area contributed by atoms with Gasteiger partial charge in [-0.2, -0.15) is 0 Å². The van der Waals surface area contributed by atoms with Crippen LogP contribution in [0.3, 0.4) is 0 Å². The van der Waals surface area contributed by atoms with Crippen LogP contribution in [0.1, 0.15) is 21.5 Å². The van der Waals surface area contributed by atoms with Gasteiger partial charge < -0.3 is 11.1 Å². The van der Waals surface area contributed by atoms with E-state index in [0.29, 0.717) is 11.3 Å². The Morgan fingerprint density at radius 2 is 1.90 bits per heavy atom. The Kier molecular flexibility index (Phi) is 3.98. The van der Waals surface area contributed by atoms with E-state index in [4.69, 9.17) is 5.73 Å². The zero-order valence-corrected chi connectivity index (χ0v) is 10.9. The normalized spacial score (nSPS) is 10.3. The Balaban J connectivity index is 2.15. The number of rotatable bonds is 4. The number of nitrogens with two attached hydrogens (primary N) is 1. The SMILES string of the molecule is Cc1ccc(F)c(NCc2ccc(C(N)=O)cc2F)c1. The Morgan fingerprint density at radius 1 is 1.15 bits per heavy atom. The summed E-state index contributed by atoms with van der Waals surface area (Å²) in [6.07, 6.45) is 0. The number of anilines is 1. The van der Waals surface area contributed by atoms with Gasteiger partial charge in [0.1, 0.15) is 11.6 Å². The van der Waals surface area contributed by atoms with E-state index in [-0.39, 0.29) is 12.1 Å². The van der Waals surface area contributed by atoms with Crippen molar-refractivity contribution in [1.29, 1.82) is 0 Å². The van der Waals surface area contributed by atoms with Crippen LogP contribution in [0.15, 0.2) is 36.4 Å². The van der Waals surface area contributed by atoms with E-state index in [9.17, 15) is 13.6 Å². The molecule has 2 rings (SSSR count). The summed E-state index contributed by atoms with van der Waals surface area (Å²) in [6, 6.07) is 8.62. The fraction of sp³-hybridized carbons (Fsp3) is 0.133. The van der Waals surface area contributed by atoms with Gasteiger partial charge in [-0.15, -0.1) is 0 Å². The zero-order chi connectivity index (χ0) is 14.7. The van der Waals surface area contributed by atoms with Crippen LogP contribution in [-0.2, 0) is 6.54 Å². The molecule has 2 aromatic carbocycles. The summed E-state index contributed by atoms with van der Waals surface area (Å²) in [5.41, 5.74) is 6.71. The molecule has 5 heteroatoms. The molecule has 0 fully saturated rings. The first-order valence-electron chi connectivity index (χ1n) is 6.05. The van der Waals surface area contributed by atoms with Crippen molar-refractivity contribution in [2.75, 3.05) is 5.32 Å². The molecule has 0 atom stereocenters. The molecular formula is C15H14F2N2O. The zero-order valence-electron chi connectivity index (χ0n) is 10.9. The van der Waals surface area contributed by atoms with Crippen LogP contribution in [0, 0.1) is 18.6 Å². The molecule has 20 heavy (non-hydrogen) atoms. The third-order valence-electron chi connectivity index (χ3n) is 2.93. The second-order valence-corrected chi connectivity index (χ2v) is 4.51. The van der Waals surface area contributed by atoms with Crippen LogP contribution in [0.2, 0.25) is 0 Å². The Morgan fingerprint density at radius 3 is 2.55 bits per heavy atom. The third kappa shape index (κ3) is 3.12. The molecule has 0 aliphatic rings. The van der Waals surface area contributed by atoms with Gasteiger partial charge in [0.25, 0.3) is 0 Å². The maximum absolute atomic E-state index is 13.8. The van der Waals surface area contributed by atoms with Crippen LogP contribution < -0.4 is 11.1 Å². The van der Waals surface area contributed by atoms with E-state index in [1.165, 1.54) is 18.2 Å². The summed E-state index contributed by atoms with van der Waals surface area (Å²) in [5, 5.41) is 2.83. The molecule has 1 amide bonds. The smallest absolute Gasteiger partial charge is 0.248 e. The highest BCUT2D eigenvalue weighted by Gasteiger charge is 2.08. The molecule has 0 bridgehead atoms. The van der Waals surface area contributed by atoms with E-state index < -0.39 is 17.5 Å². The summed E-state index contributed by atoms with van der Waals surface area (Å²) in [5.74, 6) is -1.64. The standard InChI is InChI=1S/C15H14F2N2O/c1-9-2-5-12(16)14(6-9)19-8-11-4-3-10(15(18)20)7-13(11)17/h2-7,19H,8H2,1H3,(H2,18,20). The molecule has 2 aromatic rings. The summed E-state index contributed by atoms with van der Waals surface area (Å²) >= 11 is 0. The minimum atomic E-state index is -0.687. The summed E-state index contributed by atoms with van der Waals surface area (Å²) in [4.78, 5) is 10.9. The molecule has 0 aliphatic carbocycles. The lowest BCUT2D eigenvalue weighted by molar-refractivity contribution is 0.1000. The number of nitrogens with one attached hydrogen (secondary N) is 1. The van der Waals surface area contributed by atoms with Crippen LogP contribution in [0.5, 0.6) is 0 Å². The van der Waals surface area contributed by atoms with Gasteiger partial charge in [0.2, 0.25) is 5.91 Å². The van der Waals surface area contributed by atoms with Gasteiger partial charge in [0, 0.05) is 17.7 Å². The highest BCUT2D eigenvalue weighted by atomic mass is 19.1. The molecular weight excluding hydrogens is 262 g/mol. The van der Waals surface area contributed by atoms with Crippen molar-refractivity contribution in [3.8, 4) is 0 Å². The first-order valence-corrected chi connectivity index (χ1v) is 6.05. The van der Waals surface area contributed by atoms with E-state index in [0.717, 1.165) is 11.6 Å². The van der Waals surface area contributed by atoms with Crippen LogP contribution >= 0.6 is 0 Å². The molecule has 0 saturated carbocycles. The first kappa shape index (κ1) is 14.0. The maximum Gasteiger partial charge on any atom is 0.248 e. The second-order valence-electron chi connectivity index (χ2n) is 4.51. The molecule has 104 valence electrons. The fourth-order valence-corrected chi connectivity index (χ4v) is 1.81. The number of halogens is 2. The summed E-state index contributed by atoms with van der Waals surface area (Å²) < 4.78 is 27.3. The third-order valence-corrected chi connectivity index (χ3v) is 2.93.